The Morgan fingerprint density at radius 3 is 2.52 bits per heavy atom. The summed E-state index contributed by atoms with van der Waals surface area (Å²) in [7, 11) is 0. The molecule has 1 N–H and O–H groups in total. The van der Waals surface area contributed by atoms with Crippen LogP contribution in [0, 0.1) is 12.3 Å². The van der Waals surface area contributed by atoms with E-state index in [-0.39, 0.29) is 0 Å². The minimum atomic E-state index is 0.466. The summed E-state index contributed by atoms with van der Waals surface area (Å²) < 4.78 is 1.42. The third kappa shape index (κ3) is 3.17. The normalized spacial score (nSPS) is 20.8. The molecule has 21 heavy (non-hydrogen) atoms. The molecule has 1 aromatic heterocycles. The smallest absolute Gasteiger partial charge is 0.0391 e. The molecule has 0 aliphatic heterocycles. The summed E-state index contributed by atoms with van der Waals surface area (Å²) in [6.45, 7) is 9.42. The number of nitrogens with one attached hydrogen (secondary N) is 1. The van der Waals surface area contributed by atoms with Gasteiger partial charge < -0.3 is 5.32 Å². The van der Waals surface area contributed by atoms with Gasteiger partial charge in [-0.2, -0.15) is 0 Å². The fourth-order valence-corrected chi connectivity index (χ4v) is 4.82. The number of hydrogen-bond donors (Lipinski definition) is 1. The van der Waals surface area contributed by atoms with Crippen LogP contribution in [0.4, 0.5) is 0 Å². The molecule has 0 radical (unpaired) electrons. The van der Waals surface area contributed by atoms with Crippen molar-refractivity contribution in [2.24, 2.45) is 5.41 Å². The predicted octanol–water partition coefficient (Wildman–Crippen LogP) is 5.83. The lowest BCUT2D eigenvalue weighted by molar-refractivity contribution is 0.200. The summed E-state index contributed by atoms with van der Waals surface area (Å²) >= 11 is 1.96. The van der Waals surface area contributed by atoms with Gasteiger partial charge in [0.25, 0.3) is 0 Å². The Labute approximate surface area is 132 Å². The summed E-state index contributed by atoms with van der Waals surface area (Å²) in [4.78, 5) is 1.51. The van der Waals surface area contributed by atoms with Crippen LogP contribution in [0.15, 0.2) is 24.3 Å². The van der Waals surface area contributed by atoms with Crippen LogP contribution in [0.3, 0.4) is 0 Å². The Kier molecular flexibility index (Phi) is 4.11. The Balaban J connectivity index is 1.72. The van der Waals surface area contributed by atoms with E-state index >= 15 is 0 Å². The maximum atomic E-state index is 3.89. The van der Waals surface area contributed by atoms with Gasteiger partial charge in [0.15, 0.2) is 0 Å². The van der Waals surface area contributed by atoms with Gasteiger partial charge in [0.05, 0.1) is 0 Å². The van der Waals surface area contributed by atoms with E-state index in [1.165, 1.54) is 46.2 Å². The zero-order valence-electron chi connectivity index (χ0n) is 13.7. The number of aryl methyl sites for hydroxylation is 1. The Bertz CT molecular complexity index is 616. The molecule has 114 valence electrons. The molecule has 1 unspecified atom stereocenters. The third-order valence-electron chi connectivity index (χ3n) is 5.10. The molecule has 3 rings (SSSR count). The van der Waals surface area contributed by atoms with E-state index in [2.05, 4.69) is 57.3 Å². The van der Waals surface area contributed by atoms with Crippen molar-refractivity contribution in [2.75, 3.05) is 0 Å². The lowest BCUT2D eigenvalue weighted by atomic mass is 9.75. The van der Waals surface area contributed by atoms with Gasteiger partial charge in [0.1, 0.15) is 0 Å². The molecule has 1 aliphatic rings. The van der Waals surface area contributed by atoms with Crippen LogP contribution >= 0.6 is 11.3 Å². The summed E-state index contributed by atoms with van der Waals surface area (Å²) in [5.41, 5.74) is 2.02. The van der Waals surface area contributed by atoms with Crippen LogP contribution in [0.1, 0.15) is 62.9 Å². The second-order valence-electron chi connectivity index (χ2n) is 7.41. The van der Waals surface area contributed by atoms with Gasteiger partial charge in [0, 0.05) is 21.7 Å². The largest absolute Gasteiger partial charge is 0.307 e. The summed E-state index contributed by atoms with van der Waals surface area (Å²) in [6.07, 6.45) is 5.34. The van der Waals surface area contributed by atoms with E-state index in [1.54, 1.807) is 0 Å². The van der Waals surface area contributed by atoms with Crippen LogP contribution < -0.4 is 5.32 Å². The minimum absolute atomic E-state index is 0.466. The second kappa shape index (κ2) is 5.73. The fraction of sp³-hybridized carbons (Fsp3) is 0.579. The molecule has 1 nitrogen and oxygen atoms in total. The van der Waals surface area contributed by atoms with Crippen LogP contribution in [0.5, 0.6) is 0 Å². The van der Waals surface area contributed by atoms with Gasteiger partial charge in [-0.3, -0.25) is 0 Å². The van der Waals surface area contributed by atoms with Crippen LogP contribution in [0.25, 0.3) is 10.1 Å². The van der Waals surface area contributed by atoms with E-state index in [0.717, 1.165) is 0 Å². The van der Waals surface area contributed by atoms with Crippen molar-refractivity contribution >= 4 is 21.4 Å². The molecule has 0 saturated heterocycles. The fourth-order valence-electron chi connectivity index (χ4n) is 3.60. The predicted molar refractivity (Wildman–Crippen MR) is 94.1 cm³/mol. The van der Waals surface area contributed by atoms with Gasteiger partial charge in [-0.15, -0.1) is 11.3 Å². The molecule has 1 aromatic carbocycles. The van der Waals surface area contributed by atoms with Crippen molar-refractivity contribution in [3.05, 3.63) is 34.7 Å². The van der Waals surface area contributed by atoms with E-state index in [1.807, 2.05) is 11.3 Å². The molecular formula is C19H27NS. The first-order valence-electron chi connectivity index (χ1n) is 8.20. The van der Waals surface area contributed by atoms with Crippen molar-refractivity contribution in [3.8, 4) is 0 Å². The maximum Gasteiger partial charge on any atom is 0.0391 e. The molecule has 1 fully saturated rings. The topological polar surface area (TPSA) is 12.0 Å². The zero-order valence-corrected chi connectivity index (χ0v) is 14.5. The quantitative estimate of drug-likeness (QED) is 0.752. The Morgan fingerprint density at radius 1 is 1.19 bits per heavy atom. The van der Waals surface area contributed by atoms with Crippen molar-refractivity contribution in [2.45, 2.75) is 65.5 Å². The lowest BCUT2D eigenvalue weighted by Crippen LogP contribution is -2.36. The molecule has 0 amide bonds. The van der Waals surface area contributed by atoms with Crippen molar-refractivity contribution in [1.82, 2.24) is 5.32 Å². The molecule has 1 heterocycles. The average molecular weight is 301 g/mol. The number of hydrogen-bond acceptors (Lipinski definition) is 2. The number of rotatable bonds is 3. The Morgan fingerprint density at radius 2 is 1.86 bits per heavy atom. The molecular weight excluding hydrogens is 274 g/mol. The maximum absolute atomic E-state index is 3.89. The molecule has 1 aliphatic carbocycles. The van der Waals surface area contributed by atoms with E-state index in [9.17, 15) is 0 Å². The number of benzene rings is 1. The van der Waals surface area contributed by atoms with Gasteiger partial charge in [-0.25, -0.2) is 0 Å². The van der Waals surface area contributed by atoms with Gasteiger partial charge in [-0.1, -0.05) is 32.0 Å². The van der Waals surface area contributed by atoms with Crippen LogP contribution in [0.2, 0.25) is 0 Å². The molecule has 0 spiro atoms. The number of fused-ring (bicyclic) bond motifs is 1. The first kappa shape index (κ1) is 15.1. The van der Waals surface area contributed by atoms with E-state index < -0.39 is 0 Å². The first-order chi connectivity index (χ1) is 9.96. The van der Waals surface area contributed by atoms with E-state index in [0.29, 0.717) is 17.5 Å². The first-order valence-corrected chi connectivity index (χ1v) is 9.02. The highest BCUT2D eigenvalue weighted by Crippen LogP contribution is 2.38. The zero-order chi connectivity index (χ0) is 15.0. The molecule has 1 saturated carbocycles. The summed E-state index contributed by atoms with van der Waals surface area (Å²) in [6, 6.07) is 9.94. The third-order valence-corrected chi connectivity index (χ3v) is 6.55. The molecule has 0 bridgehead atoms. The highest BCUT2D eigenvalue weighted by atomic mass is 32.1. The van der Waals surface area contributed by atoms with Crippen molar-refractivity contribution < 1.29 is 0 Å². The van der Waals surface area contributed by atoms with Crippen molar-refractivity contribution in [3.63, 3.8) is 0 Å². The van der Waals surface area contributed by atoms with E-state index in [4.69, 9.17) is 0 Å². The summed E-state index contributed by atoms with van der Waals surface area (Å²) in [5, 5.41) is 5.31. The monoisotopic (exact) mass is 301 g/mol. The standard InChI is InChI=1S/C19H27NS/c1-13-16-7-5-6-8-17(16)21-18(13)14(2)20-15-9-11-19(3,4)12-10-15/h5-8,14-15,20H,9-12H2,1-4H3. The number of thiophene rings is 1. The highest BCUT2D eigenvalue weighted by molar-refractivity contribution is 7.19. The van der Waals surface area contributed by atoms with Crippen LogP contribution in [-0.4, -0.2) is 6.04 Å². The summed E-state index contributed by atoms with van der Waals surface area (Å²) in [5.74, 6) is 0. The molecule has 1 atom stereocenters. The highest BCUT2D eigenvalue weighted by Gasteiger charge is 2.28. The average Bonchev–Trinajstić information content (AvgIpc) is 2.79. The van der Waals surface area contributed by atoms with Gasteiger partial charge in [-0.05, 0) is 62.0 Å². The van der Waals surface area contributed by atoms with Gasteiger partial charge in [0.2, 0.25) is 0 Å². The lowest BCUT2D eigenvalue weighted by Gasteiger charge is -2.36. The second-order valence-corrected chi connectivity index (χ2v) is 8.50. The Hall–Kier alpha value is -0.860. The molecule has 2 aromatic rings. The van der Waals surface area contributed by atoms with Crippen LogP contribution in [-0.2, 0) is 0 Å². The minimum Gasteiger partial charge on any atom is -0.307 e. The van der Waals surface area contributed by atoms with Crippen molar-refractivity contribution in [1.29, 1.82) is 0 Å². The molecule has 2 heteroatoms. The van der Waals surface area contributed by atoms with Gasteiger partial charge >= 0.3 is 0 Å². The SMILES string of the molecule is Cc1c(C(C)NC2CCC(C)(C)CC2)sc2ccccc12.